The van der Waals surface area contributed by atoms with Crippen LogP contribution < -0.4 is 26.2 Å². The van der Waals surface area contributed by atoms with E-state index in [1.54, 1.807) is 0 Å². The first-order valence-electron chi connectivity index (χ1n) is 24.3. The summed E-state index contributed by atoms with van der Waals surface area (Å²) in [5.74, 6) is 0. The number of hydrogen-bond donors (Lipinski definition) is 0. The number of aromatic nitrogens is 1. The van der Waals surface area contributed by atoms with Gasteiger partial charge in [0.25, 0.3) is 6.71 Å². The van der Waals surface area contributed by atoms with Gasteiger partial charge >= 0.3 is 0 Å². The second-order valence-corrected chi connectivity index (χ2v) is 21.8. The minimum Gasteiger partial charge on any atom is -0.335 e. The van der Waals surface area contributed by atoms with E-state index in [0.717, 1.165) is 25.7 Å². The summed E-state index contributed by atoms with van der Waals surface area (Å²) in [6, 6.07) is 60.0. The van der Waals surface area contributed by atoms with Crippen LogP contribution in [0.3, 0.4) is 0 Å². The van der Waals surface area contributed by atoms with Crippen molar-refractivity contribution in [3.05, 3.63) is 179 Å². The van der Waals surface area contributed by atoms with E-state index >= 15 is 0 Å². The van der Waals surface area contributed by atoms with Crippen LogP contribution in [-0.2, 0) is 16.2 Å². The summed E-state index contributed by atoms with van der Waals surface area (Å²) in [6.07, 6.45) is 9.48. The Labute approximate surface area is 378 Å². The van der Waals surface area contributed by atoms with Gasteiger partial charge in [0, 0.05) is 55.6 Å². The molecule has 0 spiro atoms. The Morgan fingerprint density at radius 3 is 1.81 bits per heavy atom. The lowest BCUT2D eigenvalue weighted by Crippen LogP contribution is -2.64. The summed E-state index contributed by atoms with van der Waals surface area (Å²) >= 11 is 0. The molecule has 5 heterocycles. The molecule has 0 amide bonds. The number of hydrogen-bond acceptors (Lipinski definition) is 2. The molecule has 14 rings (SSSR count). The van der Waals surface area contributed by atoms with Crippen molar-refractivity contribution in [2.45, 2.75) is 113 Å². The molecule has 4 aliphatic heterocycles. The molecule has 3 nitrogen and oxygen atoms in total. The highest BCUT2D eigenvalue weighted by molar-refractivity contribution is 7.00. The summed E-state index contributed by atoms with van der Waals surface area (Å²) in [5, 5.41) is 2.69. The van der Waals surface area contributed by atoms with Crippen molar-refractivity contribution >= 4 is 67.7 Å². The zero-order valence-corrected chi connectivity index (χ0v) is 38.0. The SMILES string of the molecule is CC(C)(C)c1ccc2c(c1)C1(c3ccccc3)CCCCC1(C)N2c1cc2c3c(c1)-n1c4ccccc4c4cccc(c41)B3c1cccc3c1N2C1(C)CCCCC31c1ccccc1. The van der Waals surface area contributed by atoms with Crippen LogP contribution in [0.5, 0.6) is 0 Å². The monoisotopic (exact) mass is 829 g/mol. The van der Waals surface area contributed by atoms with Crippen LogP contribution in [0.1, 0.15) is 114 Å². The van der Waals surface area contributed by atoms with E-state index in [9.17, 15) is 0 Å². The highest BCUT2D eigenvalue weighted by Crippen LogP contribution is 2.67. The number of fused-ring (bicyclic) bond motifs is 13. The van der Waals surface area contributed by atoms with E-state index < -0.39 is 0 Å². The van der Waals surface area contributed by atoms with Crippen LogP contribution >= 0.6 is 0 Å². The Balaban J connectivity index is 1.13. The van der Waals surface area contributed by atoms with Gasteiger partial charge in [-0.05, 0) is 113 Å². The van der Waals surface area contributed by atoms with E-state index in [1.807, 2.05) is 0 Å². The maximum atomic E-state index is 2.94. The number of para-hydroxylation sites is 3. The largest absolute Gasteiger partial charge is 0.335 e. The van der Waals surface area contributed by atoms with Gasteiger partial charge in [0.2, 0.25) is 0 Å². The summed E-state index contributed by atoms with van der Waals surface area (Å²) in [4.78, 5) is 5.81. The number of anilines is 4. The third-order valence-electron chi connectivity index (χ3n) is 18.1. The molecule has 7 aromatic carbocycles. The van der Waals surface area contributed by atoms with Crippen LogP contribution in [-0.4, -0.2) is 22.4 Å². The molecule has 0 saturated heterocycles. The lowest BCUT2D eigenvalue weighted by molar-refractivity contribution is 0.214. The van der Waals surface area contributed by atoms with Crippen molar-refractivity contribution in [1.82, 2.24) is 4.57 Å². The lowest BCUT2D eigenvalue weighted by atomic mass is 9.33. The molecular formula is C60H56BN3. The highest BCUT2D eigenvalue weighted by atomic mass is 15.3. The molecule has 1 aromatic heterocycles. The predicted octanol–water partition coefficient (Wildman–Crippen LogP) is 12.8. The summed E-state index contributed by atoms with van der Waals surface area (Å²) < 4.78 is 2.69. The van der Waals surface area contributed by atoms with Crippen molar-refractivity contribution in [3.8, 4) is 5.69 Å². The van der Waals surface area contributed by atoms with Crippen LogP contribution in [0.25, 0.3) is 27.5 Å². The second kappa shape index (κ2) is 12.4. The van der Waals surface area contributed by atoms with E-state index in [1.165, 1.54) is 120 Å². The van der Waals surface area contributed by atoms with Crippen molar-refractivity contribution in [1.29, 1.82) is 0 Å². The second-order valence-electron chi connectivity index (χ2n) is 21.8. The number of nitrogens with zero attached hydrogens (tertiary/aromatic N) is 3. The van der Waals surface area contributed by atoms with Crippen LogP contribution in [0.4, 0.5) is 22.7 Å². The van der Waals surface area contributed by atoms with E-state index in [4.69, 9.17) is 0 Å². The van der Waals surface area contributed by atoms with E-state index in [2.05, 4.69) is 201 Å². The topological polar surface area (TPSA) is 11.4 Å². The number of benzene rings is 7. The van der Waals surface area contributed by atoms with Gasteiger partial charge in [-0.3, -0.25) is 0 Å². The Morgan fingerprint density at radius 1 is 0.500 bits per heavy atom. The zero-order valence-electron chi connectivity index (χ0n) is 38.0. The molecule has 6 aliphatic rings. The lowest BCUT2D eigenvalue weighted by Gasteiger charge is -2.54. The first-order chi connectivity index (χ1) is 31.1. The molecule has 64 heavy (non-hydrogen) atoms. The van der Waals surface area contributed by atoms with Crippen molar-refractivity contribution < 1.29 is 0 Å². The Kier molecular flexibility index (Phi) is 7.25. The maximum Gasteiger partial charge on any atom is 0.252 e. The van der Waals surface area contributed by atoms with Crippen LogP contribution in [0, 0.1) is 0 Å². The maximum absolute atomic E-state index is 2.94. The standard InChI is InChI=1S/C60H56BN3/c1-56(2,3)41-30-31-50-46(36-41)60(40-22-10-7-11-23-40)35-17-14-32-57(60,4)63(50)42-37-51-53-52(38-42)64-55-45(59(39-20-8-6-9-21-39)34-16-15-33-58(59,64)5)26-19-28-48(55)61(53)47-27-18-25-44-43-24-12-13-29-49(43)62(51)54(44)47/h6-13,18-31,36-38H,14-17,32-35H2,1-5H3. The molecule has 2 fully saturated rings. The van der Waals surface area contributed by atoms with Gasteiger partial charge in [-0.15, -0.1) is 0 Å². The molecule has 0 bridgehead atoms. The predicted molar refractivity (Wildman–Crippen MR) is 269 cm³/mol. The average Bonchev–Trinajstić information content (AvgIpc) is 3.88. The van der Waals surface area contributed by atoms with Crippen molar-refractivity contribution in [2.75, 3.05) is 9.80 Å². The molecule has 8 aromatic rings. The zero-order chi connectivity index (χ0) is 43.0. The summed E-state index contributed by atoms with van der Waals surface area (Å²) in [5.41, 5.74) is 20.7. The fourth-order valence-electron chi connectivity index (χ4n) is 15.5. The molecule has 0 N–H and O–H groups in total. The van der Waals surface area contributed by atoms with Crippen molar-refractivity contribution in [2.24, 2.45) is 0 Å². The summed E-state index contributed by atoms with van der Waals surface area (Å²) in [6.45, 7) is 12.5. The van der Waals surface area contributed by atoms with Gasteiger partial charge in [-0.1, -0.05) is 174 Å². The molecule has 314 valence electrons. The first kappa shape index (κ1) is 37.4. The van der Waals surface area contributed by atoms with Gasteiger partial charge in [-0.2, -0.15) is 0 Å². The minimum absolute atomic E-state index is 0.0339. The van der Waals surface area contributed by atoms with Gasteiger partial charge < -0.3 is 14.4 Å². The van der Waals surface area contributed by atoms with Gasteiger partial charge in [0.15, 0.2) is 0 Å². The third-order valence-corrected chi connectivity index (χ3v) is 18.1. The first-order valence-corrected chi connectivity index (χ1v) is 24.3. The van der Waals surface area contributed by atoms with Crippen LogP contribution in [0.15, 0.2) is 152 Å². The number of rotatable bonds is 3. The fraction of sp³-hybridized carbons (Fsp3) is 0.300. The molecule has 4 unspecified atom stereocenters. The van der Waals surface area contributed by atoms with Crippen molar-refractivity contribution in [3.63, 3.8) is 0 Å². The van der Waals surface area contributed by atoms with E-state index in [0.29, 0.717) is 0 Å². The third kappa shape index (κ3) is 4.24. The fourth-order valence-corrected chi connectivity index (χ4v) is 15.5. The smallest absolute Gasteiger partial charge is 0.252 e. The molecule has 2 saturated carbocycles. The van der Waals surface area contributed by atoms with Gasteiger partial charge in [0.05, 0.1) is 16.6 Å². The average molecular weight is 830 g/mol. The Morgan fingerprint density at radius 2 is 1.09 bits per heavy atom. The molecular weight excluding hydrogens is 773 g/mol. The Hall–Kier alpha value is -6.00. The van der Waals surface area contributed by atoms with Gasteiger partial charge in [0.1, 0.15) is 0 Å². The molecule has 4 atom stereocenters. The quantitative estimate of drug-likeness (QED) is 0.164. The van der Waals surface area contributed by atoms with Crippen LogP contribution in [0.2, 0.25) is 0 Å². The van der Waals surface area contributed by atoms with E-state index in [-0.39, 0.29) is 34.0 Å². The van der Waals surface area contributed by atoms with Gasteiger partial charge in [-0.25, -0.2) is 0 Å². The Bertz CT molecular complexity index is 3290. The highest BCUT2D eigenvalue weighted by Gasteiger charge is 2.65. The normalized spacial score (nSPS) is 25.9. The summed E-state index contributed by atoms with van der Waals surface area (Å²) in [7, 11) is 0. The minimum atomic E-state index is -0.197. The molecule has 2 aliphatic carbocycles. The molecule has 4 heteroatoms. The molecule has 0 radical (unpaired) electrons.